The Labute approximate surface area is 179 Å². The highest BCUT2D eigenvalue weighted by atomic mass is 35.5. The standard InChI is InChI=1S/C24H18ClNO4/c1-28-21-10-6-18(7-11-21)24(27)30-22-12-3-16(14-23(22)29-2)13-19(15-26)17-4-8-20(25)9-5-17/h3-14H,1-2H3. The molecule has 0 heterocycles. The molecule has 0 saturated carbocycles. The Balaban J connectivity index is 1.84. The van der Waals surface area contributed by atoms with Crippen LogP contribution >= 0.6 is 11.6 Å². The maximum atomic E-state index is 12.4. The topological polar surface area (TPSA) is 68.5 Å². The highest BCUT2D eigenvalue weighted by molar-refractivity contribution is 6.30. The van der Waals surface area contributed by atoms with E-state index in [0.29, 0.717) is 27.7 Å². The van der Waals surface area contributed by atoms with Crippen LogP contribution in [0.25, 0.3) is 11.6 Å². The first-order valence-electron chi connectivity index (χ1n) is 8.96. The van der Waals surface area contributed by atoms with Crippen molar-refractivity contribution in [3.05, 3.63) is 88.4 Å². The summed E-state index contributed by atoms with van der Waals surface area (Å²) in [5.41, 5.74) is 2.33. The molecule has 0 fully saturated rings. The molecule has 3 rings (SSSR count). The number of allylic oxidation sites excluding steroid dienone is 1. The quantitative estimate of drug-likeness (QED) is 0.224. The van der Waals surface area contributed by atoms with Gasteiger partial charge in [0.1, 0.15) is 5.75 Å². The molecule has 0 N–H and O–H groups in total. The van der Waals surface area contributed by atoms with Crippen molar-refractivity contribution in [1.29, 1.82) is 5.26 Å². The van der Waals surface area contributed by atoms with Gasteiger partial charge in [-0.2, -0.15) is 5.26 Å². The smallest absolute Gasteiger partial charge is 0.343 e. The molecular formula is C24H18ClNO4. The molecule has 0 unspecified atom stereocenters. The largest absolute Gasteiger partial charge is 0.497 e. The molecule has 3 aromatic rings. The van der Waals surface area contributed by atoms with E-state index in [9.17, 15) is 10.1 Å². The van der Waals surface area contributed by atoms with Crippen LogP contribution in [-0.2, 0) is 0 Å². The molecule has 0 aliphatic heterocycles. The SMILES string of the molecule is COc1ccc(C(=O)Oc2ccc(C=C(C#N)c3ccc(Cl)cc3)cc2OC)cc1. The van der Waals surface area contributed by atoms with Gasteiger partial charge < -0.3 is 14.2 Å². The monoisotopic (exact) mass is 419 g/mol. The molecule has 0 aliphatic carbocycles. The highest BCUT2D eigenvalue weighted by Gasteiger charge is 2.13. The number of rotatable bonds is 6. The number of carbonyl (C=O) groups is 1. The summed E-state index contributed by atoms with van der Waals surface area (Å²) in [6, 6.07) is 20.9. The van der Waals surface area contributed by atoms with Gasteiger partial charge in [-0.3, -0.25) is 0 Å². The fraction of sp³-hybridized carbons (Fsp3) is 0.0833. The fourth-order valence-electron chi connectivity index (χ4n) is 2.72. The van der Waals surface area contributed by atoms with Crippen LogP contribution in [0.2, 0.25) is 5.02 Å². The molecule has 30 heavy (non-hydrogen) atoms. The number of esters is 1. The van der Waals surface area contributed by atoms with Crippen LogP contribution in [0.3, 0.4) is 0 Å². The maximum absolute atomic E-state index is 12.4. The van der Waals surface area contributed by atoms with E-state index >= 15 is 0 Å². The molecule has 0 aliphatic rings. The van der Waals surface area contributed by atoms with E-state index in [1.165, 1.54) is 7.11 Å². The average molecular weight is 420 g/mol. The number of methoxy groups -OCH3 is 2. The Morgan fingerprint density at radius 2 is 1.57 bits per heavy atom. The molecule has 3 aromatic carbocycles. The second-order valence-electron chi connectivity index (χ2n) is 6.21. The molecule has 0 atom stereocenters. The van der Waals surface area contributed by atoms with E-state index < -0.39 is 5.97 Å². The summed E-state index contributed by atoms with van der Waals surface area (Å²) in [5, 5.41) is 10.1. The maximum Gasteiger partial charge on any atom is 0.343 e. The van der Waals surface area contributed by atoms with Crippen LogP contribution in [-0.4, -0.2) is 20.2 Å². The second-order valence-corrected chi connectivity index (χ2v) is 6.64. The molecule has 150 valence electrons. The molecule has 6 heteroatoms. The molecule has 0 saturated heterocycles. The summed E-state index contributed by atoms with van der Waals surface area (Å²) >= 11 is 5.91. The first-order valence-corrected chi connectivity index (χ1v) is 9.34. The van der Waals surface area contributed by atoms with Gasteiger partial charge in [0.25, 0.3) is 0 Å². The summed E-state index contributed by atoms with van der Waals surface area (Å²) in [6.45, 7) is 0. The van der Waals surface area contributed by atoms with Gasteiger partial charge in [0.15, 0.2) is 11.5 Å². The highest BCUT2D eigenvalue weighted by Crippen LogP contribution is 2.31. The second kappa shape index (κ2) is 9.64. The number of hydrogen-bond acceptors (Lipinski definition) is 5. The predicted molar refractivity (Wildman–Crippen MR) is 116 cm³/mol. The van der Waals surface area contributed by atoms with Crippen molar-refractivity contribution < 1.29 is 19.0 Å². The van der Waals surface area contributed by atoms with Crippen molar-refractivity contribution in [2.45, 2.75) is 0 Å². The molecule has 0 spiro atoms. The Kier molecular flexibility index (Phi) is 6.74. The normalized spacial score (nSPS) is 10.8. The number of carbonyl (C=O) groups excluding carboxylic acids is 1. The van der Waals surface area contributed by atoms with E-state index in [0.717, 1.165) is 11.1 Å². The van der Waals surface area contributed by atoms with Crippen LogP contribution in [0.15, 0.2) is 66.7 Å². The first-order chi connectivity index (χ1) is 14.5. The van der Waals surface area contributed by atoms with Gasteiger partial charge in [-0.15, -0.1) is 0 Å². The third-order valence-electron chi connectivity index (χ3n) is 4.30. The van der Waals surface area contributed by atoms with Gasteiger partial charge in [0, 0.05) is 5.02 Å². The zero-order valence-electron chi connectivity index (χ0n) is 16.4. The van der Waals surface area contributed by atoms with Gasteiger partial charge in [-0.1, -0.05) is 29.8 Å². The zero-order valence-corrected chi connectivity index (χ0v) is 17.1. The van der Waals surface area contributed by atoms with E-state index in [4.69, 9.17) is 25.8 Å². The lowest BCUT2D eigenvalue weighted by Crippen LogP contribution is -2.09. The van der Waals surface area contributed by atoms with Crippen LogP contribution in [0.4, 0.5) is 0 Å². The Morgan fingerprint density at radius 1 is 0.900 bits per heavy atom. The minimum atomic E-state index is -0.516. The van der Waals surface area contributed by atoms with E-state index in [2.05, 4.69) is 6.07 Å². The number of halogens is 1. The van der Waals surface area contributed by atoms with Gasteiger partial charge in [-0.25, -0.2) is 4.79 Å². The lowest BCUT2D eigenvalue weighted by molar-refractivity contribution is 0.0729. The van der Waals surface area contributed by atoms with Crippen molar-refractivity contribution in [3.8, 4) is 23.3 Å². The van der Waals surface area contributed by atoms with Crippen molar-refractivity contribution in [2.24, 2.45) is 0 Å². The summed E-state index contributed by atoms with van der Waals surface area (Å²) in [5.74, 6) is 0.784. The van der Waals surface area contributed by atoms with Gasteiger partial charge >= 0.3 is 5.97 Å². The van der Waals surface area contributed by atoms with E-state index in [-0.39, 0.29) is 5.75 Å². The number of nitriles is 1. The minimum Gasteiger partial charge on any atom is -0.497 e. The summed E-state index contributed by atoms with van der Waals surface area (Å²) in [6.07, 6.45) is 1.72. The Morgan fingerprint density at radius 3 is 2.17 bits per heavy atom. The molecule has 0 bridgehead atoms. The summed E-state index contributed by atoms with van der Waals surface area (Å²) < 4.78 is 15.9. The van der Waals surface area contributed by atoms with Crippen molar-refractivity contribution >= 4 is 29.2 Å². The van der Waals surface area contributed by atoms with Crippen LogP contribution in [0.1, 0.15) is 21.5 Å². The molecule has 0 aromatic heterocycles. The van der Waals surface area contributed by atoms with Gasteiger partial charge in [0.2, 0.25) is 0 Å². The van der Waals surface area contributed by atoms with Gasteiger partial charge in [0.05, 0.1) is 31.4 Å². The van der Waals surface area contributed by atoms with E-state index in [1.54, 1.807) is 79.9 Å². The number of nitrogens with zero attached hydrogens (tertiary/aromatic N) is 1. The van der Waals surface area contributed by atoms with Crippen LogP contribution < -0.4 is 14.2 Å². The number of benzene rings is 3. The average Bonchev–Trinajstić information content (AvgIpc) is 2.79. The lowest BCUT2D eigenvalue weighted by Gasteiger charge is -2.10. The molecule has 5 nitrogen and oxygen atoms in total. The molecule has 0 radical (unpaired) electrons. The van der Waals surface area contributed by atoms with Crippen LogP contribution in [0.5, 0.6) is 17.2 Å². The molecule has 0 amide bonds. The number of ether oxygens (including phenoxy) is 3. The third-order valence-corrected chi connectivity index (χ3v) is 4.55. The Bertz CT molecular complexity index is 1110. The number of hydrogen-bond donors (Lipinski definition) is 0. The first kappa shape index (κ1) is 21.0. The Hall–Kier alpha value is -3.75. The fourth-order valence-corrected chi connectivity index (χ4v) is 2.85. The minimum absolute atomic E-state index is 0.278. The van der Waals surface area contributed by atoms with E-state index in [1.807, 2.05) is 0 Å². The molecular weight excluding hydrogens is 402 g/mol. The van der Waals surface area contributed by atoms with Crippen LogP contribution in [0, 0.1) is 11.3 Å². The van der Waals surface area contributed by atoms with Gasteiger partial charge in [-0.05, 0) is 65.7 Å². The zero-order chi connectivity index (χ0) is 21.5. The third kappa shape index (κ3) is 4.99. The predicted octanol–water partition coefficient (Wildman–Crippen LogP) is 5.64. The van der Waals surface area contributed by atoms with Crippen molar-refractivity contribution in [1.82, 2.24) is 0 Å². The summed E-state index contributed by atoms with van der Waals surface area (Å²) in [7, 11) is 3.04. The van der Waals surface area contributed by atoms with Crippen molar-refractivity contribution in [2.75, 3.05) is 14.2 Å². The lowest BCUT2D eigenvalue weighted by atomic mass is 10.0. The summed E-state index contributed by atoms with van der Waals surface area (Å²) in [4.78, 5) is 12.4. The van der Waals surface area contributed by atoms with Crippen molar-refractivity contribution in [3.63, 3.8) is 0 Å².